The fourth-order valence-corrected chi connectivity index (χ4v) is 1.82. The predicted molar refractivity (Wildman–Crippen MR) is 66.5 cm³/mol. The van der Waals surface area contributed by atoms with Gasteiger partial charge in [-0.05, 0) is 24.1 Å². The molecule has 94 valence electrons. The minimum atomic E-state index is -1.00. The number of carboxylic acids is 1. The summed E-state index contributed by atoms with van der Waals surface area (Å²) in [6.07, 6.45) is 7.16. The second kappa shape index (κ2) is 5.44. The fourth-order valence-electron chi connectivity index (χ4n) is 1.82. The van der Waals surface area contributed by atoms with Crippen molar-refractivity contribution < 1.29 is 9.90 Å². The van der Waals surface area contributed by atoms with Crippen molar-refractivity contribution in [3.05, 3.63) is 47.8 Å². The van der Waals surface area contributed by atoms with Gasteiger partial charge in [0.15, 0.2) is 0 Å². The third-order valence-electron chi connectivity index (χ3n) is 2.67. The number of carboxylic acid groups (broad SMARTS) is 1. The van der Waals surface area contributed by atoms with E-state index in [1.807, 2.05) is 16.8 Å². The summed E-state index contributed by atoms with van der Waals surface area (Å²) in [5.41, 5.74) is 0.988. The summed E-state index contributed by atoms with van der Waals surface area (Å²) in [5, 5.41) is 8.89. The zero-order valence-electron chi connectivity index (χ0n) is 10.2. The number of aryl methyl sites for hydroxylation is 1. The Bertz CT molecular complexity index is 549. The molecule has 0 fully saturated rings. The maximum Gasteiger partial charge on any atom is 0.354 e. The summed E-state index contributed by atoms with van der Waals surface area (Å²) < 4.78 is 2.03. The van der Waals surface area contributed by atoms with Crippen LogP contribution in [-0.2, 0) is 13.0 Å². The molecule has 0 radical (unpaired) electrons. The third kappa shape index (κ3) is 2.74. The van der Waals surface area contributed by atoms with Crippen LogP contribution in [0.15, 0.2) is 30.7 Å². The molecule has 0 atom stereocenters. The van der Waals surface area contributed by atoms with E-state index in [4.69, 9.17) is 5.11 Å². The zero-order valence-corrected chi connectivity index (χ0v) is 10.2. The van der Waals surface area contributed by atoms with Gasteiger partial charge in [0.1, 0.15) is 11.5 Å². The number of rotatable bonds is 5. The van der Waals surface area contributed by atoms with Crippen LogP contribution in [0.25, 0.3) is 0 Å². The van der Waals surface area contributed by atoms with Crippen molar-refractivity contribution in [2.45, 2.75) is 26.3 Å². The average molecular weight is 245 g/mol. The minimum absolute atomic E-state index is 0.0738. The molecule has 0 saturated heterocycles. The maximum absolute atomic E-state index is 10.8. The van der Waals surface area contributed by atoms with Gasteiger partial charge in [-0.15, -0.1) is 0 Å². The topological polar surface area (TPSA) is 68.0 Å². The summed E-state index contributed by atoms with van der Waals surface area (Å²) in [5.74, 6) is 0.0162. The lowest BCUT2D eigenvalue weighted by Crippen LogP contribution is -2.06. The van der Waals surface area contributed by atoms with Crippen LogP contribution in [0.3, 0.4) is 0 Å². The van der Waals surface area contributed by atoms with E-state index in [0.717, 1.165) is 24.2 Å². The highest BCUT2D eigenvalue weighted by molar-refractivity contribution is 5.85. The highest BCUT2D eigenvalue weighted by Crippen LogP contribution is 2.08. The highest BCUT2D eigenvalue weighted by atomic mass is 16.4. The van der Waals surface area contributed by atoms with Gasteiger partial charge in [0.25, 0.3) is 0 Å². The molecule has 0 aliphatic heterocycles. The molecule has 2 heterocycles. The molecule has 0 bridgehead atoms. The molecule has 1 N–H and O–H groups in total. The number of hydrogen-bond acceptors (Lipinski definition) is 3. The number of hydrogen-bond donors (Lipinski definition) is 1. The predicted octanol–water partition coefficient (Wildman–Crippen LogP) is 1.98. The third-order valence-corrected chi connectivity index (χ3v) is 2.67. The van der Waals surface area contributed by atoms with Gasteiger partial charge in [-0.1, -0.05) is 6.92 Å². The fraction of sp³-hybridized carbons (Fsp3) is 0.308. The van der Waals surface area contributed by atoms with E-state index in [-0.39, 0.29) is 5.69 Å². The quantitative estimate of drug-likeness (QED) is 0.874. The van der Waals surface area contributed by atoms with Crippen LogP contribution in [-0.4, -0.2) is 25.6 Å². The van der Waals surface area contributed by atoms with E-state index < -0.39 is 5.97 Å². The highest BCUT2D eigenvalue weighted by Gasteiger charge is 2.07. The summed E-state index contributed by atoms with van der Waals surface area (Å²) >= 11 is 0. The number of pyridine rings is 1. The lowest BCUT2D eigenvalue weighted by atomic mass is 10.2. The molecular formula is C13H15N3O2. The lowest BCUT2D eigenvalue weighted by molar-refractivity contribution is 0.0690. The molecule has 0 spiro atoms. The summed E-state index contributed by atoms with van der Waals surface area (Å²) in [7, 11) is 0. The first kappa shape index (κ1) is 12.3. The molecule has 5 nitrogen and oxygen atoms in total. The molecule has 0 aromatic carbocycles. The Morgan fingerprint density at radius 2 is 2.22 bits per heavy atom. The molecule has 5 heteroatoms. The molecular weight excluding hydrogens is 230 g/mol. The first-order valence-corrected chi connectivity index (χ1v) is 5.89. The molecule has 2 rings (SSSR count). The van der Waals surface area contributed by atoms with Crippen molar-refractivity contribution in [2.24, 2.45) is 0 Å². The minimum Gasteiger partial charge on any atom is -0.477 e. The van der Waals surface area contributed by atoms with Crippen LogP contribution >= 0.6 is 0 Å². The van der Waals surface area contributed by atoms with E-state index >= 15 is 0 Å². The van der Waals surface area contributed by atoms with Crippen molar-refractivity contribution in [1.29, 1.82) is 0 Å². The van der Waals surface area contributed by atoms with Crippen molar-refractivity contribution >= 4 is 5.97 Å². The number of imidazole rings is 1. The first-order chi connectivity index (χ1) is 8.70. The van der Waals surface area contributed by atoms with Crippen LogP contribution in [0.4, 0.5) is 0 Å². The Balaban J connectivity index is 2.20. The van der Waals surface area contributed by atoms with Gasteiger partial charge in [-0.25, -0.2) is 14.8 Å². The summed E-state index contributed by atoms with van der Waals surface area (Å²) in [4.78, 5) is 18.9. The van der Waals surface area contributed by atoms with Crippen molar-refractivity contribution in [2.75, 3.05) is 0 Å². The number of carbonyl (C=O) groups is 1. The van der Waals surface area contributed by atoms with Gasteiger partial charge in [-0.2, -0.15) is 0 Å². The lowest BCUT2D eigenvalue weighted by Gasteiger charge is -2.07. The van der Waals surface area contributed by atoms with E-state index in [0.29, 0.717) is 6.54 Å². The van der Waals surface area contributed by atoms with Gasteiger partial charge in [0, 0.05) is 31.6 Å². The monoisotopic (exact) mass is 245 g/mol. The van der Waals surface area contributed by atoms with Crippen LogP contribution in [0.5, 0.6) is 0 Å². The van der Waals surface area contributed by atoms with Crippen LogP contribution in [0.2, 0.25) is 0 Å². The Morgan fingerprint density at radius 3 is 2.94 bits per heavy atom. The van der Waals surface area contributed by atoms with E-state index in [9.17, 15) is 4.79 Å². The maximum atomic E-state index is 10.8. The standard InChI is InChI=1S/C13H15N3O2/c1-2-3-12-15-6-7-16(12)9-10-4-5-14-11(8-10)13(17)18/h4-8H,2-3,9H2,1H3,(H,17,18). The van der Waals surface area contributed by atoms with Gasteiger partial charge >= 0.3 is 5.97 Å². The Morgan fingerprint density at radius 1 is 1.39 bits per heavy atom. The molecule has 18 heavy (non-hydrogen) atoms. The Hall–Kier alpha value is -2.17. The van der Waals surface area contributed by atoms with Gasteiger partial charge < -0.3 is 9.67 Å². The second-order valence-electron chi connectivity index (χ2n) is 4.08. The molecule has 0 aliphatic carbocycles. The van der Waals surface area contributed by atoms with Crippen molar-refractivity contribution in [3.8, 4) is 0 Å². The molecule has 0 saturated carbocycles. The summed E-state index contributed by atoms with van der Waals surface area (Å²) in [6, 6.07) is 3.42. The second-order valence-corrected chi connectivity index (χ2v) is 4.08. The number of aromatic nitrogens is 3. The van der Waals surface area contributed by atoms with Crippen molar-refractivity contribution in [1.82, 2.24) is 14.5 Å². The smallest absolute Gasteiger partial charge is 0.354 e. The van der Waals surface area contributed by atoms with Gasteiger partial charge in [0.05, 0.1) is 0 Å². The molecule has 2 aromatic heterocycles. The van der Waals surface area contributed by atoms with E-state index in [1.54, 1.807) is 12.3 Å². The van der Waals surface area contributed by atoms with Crippen LogP contribution in [0.1, 0.15) is 35.2 Å². The molecule has 2 aromatic rings. The average Bonchev–Trinajstić information content (AvgIpc) is 2.77. The van der Waals surface area contributed by atoms with Crippen molar-refractivity contribution in [3.63, 3.8) is 0 Å². The van der Waals surface area contributed by atoms with E-state index in [1.165, 1.54) is 6.20 Å². The zero-order chi connectivity index (χ0) is 13.0. The molecule has 0 aliphatic rings. The SMILES string of the molecule is CCCc1nccn1Cc1ccnc(C(=O)O)c1. The number of aromatic carboxylic acids is 1. The normalized spacial score (nSPS) is 10.5. The Labute approximate surface area is 105 Å². The molecule has 0 amide bonds. The Kier molecular flexibility index (Phi) is 3.72. The first-order valence-electron chi connectivity index (χ1n) is 5.89. The van der Waals surface area contributed by atoms with Crippen LogP contribution in [0, 0.1) is 0 Å². The summed E-state index contributed by atoms with van der Waals surface area (Å²) in [6.45, 7) is 2.73. The van der Waals surface area contributed by atoms with Crippen LogP contribution < -0.4 is 0 Å². The van der Waals surface area contributed by atoms with Gasteiger partial charge in [-0.3, -0.25) is 0 Å². The number of nitrogens with zero attached hydrogens (tertiary/aromatic N) is 3. The van der Waals surface area contributed by atoms with Gasteiger partial charge in [0.2, 0.25) is 0 Å². The largest absolute Gasteiger partial charge is 0.477 e. The van der Waals surface area contributed by atoms with E-state index in [2.05, 4.69) is 16.9 Å². The molecule has 0 unspecified atom stereocenters.